The van der Waals surface area contributed by atoms with Gasteiger partial charge in [0, 0.05) is 49.9 Å². The Morgan fingerprint density at radius 1 is 1.33 bits per heavy atom. The average molecular weight is 370 g/mol. The molecular formula is C16H21Cl2N5O. The van der Waals surface area contributed by atoms with Crippen LogP contribution in [0.15, 0.2) is 30.5 Å². The number of amides is 1. The van der Waals surface area contributed by atoms with Crippen LogP contribution in [0.2, 0.25) is 5.02 Å². The van der Waals surface area contributed by atoms with Gasteiger partial charge in [-0.3, -0.25) is 14.8 Å². The van der Waals surface area contributed by atoms with Crippen molar-refractivity contribution in [3.05, 3.63) is 41.0 Å². The summed E-state index contributed by atoms with van der Waals surface area (Å²) in [5.74, 6) is -0.121. The Morgan fingerprint density at radius 2 is 2.12 bits per heavy atom. The van der Waals surface area contributed by atoms with Gasteiger partial charge < -0.3 is 10.6 Å². The Labute approximate surface area is 152 Å². The first-order chi connectivity index (χ1) is 11.2. The van der Waals surface area contributed by atoms with E-state index in [0.717, 1.165) is 38.3 Å². The normalized spacial score (nSPS) is 14.9. The fourth-order valence-electron chi connectivity index (χ4n) is 2.68. The molecule has 0 atom stereocenters. The first kappa shape index (κ1) is 18.7. The molecule has 0 spiro atoms. The van der Waals surface area contributed by atoms with Crippen LogP contribution in [0.4, 0.5) is 0 Å². The molecule has 0 aliphatic carbocycles. The number of nitrogens with zero attached hydrogens (tertiary/aromatic N) is 2. The van der Waals surface area contributed by atoms with Crippen LogP contribution in [0.5, 0.6) is 0 Å². The van der Waals surface area contributed by atoms with Crippen LogP contribution in [0.1, 0.15) is 10.4 Å². The van der Waals surface area contributed by atoms with Crippen LogP contribution in [0.25, 0.3) is 11.3 Å². The number of halogens is 2. The van der Waals surface area contributed by atoms with Crippen LogP contribution in [0, 0.1) is 0 Å². The number of H-pyrrole nitrogens is 1. The van der Waals surface area contributed by atoms with Gasteiger partial charge in [0.1, 0.15) is 0 Å². The Kier molecular flexibility index (Phi) is 7.05. The maximum Gasteiger partial charge on any atom is 0.255 e. The minimum Gasteiger partial charge on any atom is -0.351 e. The lowest BCUT2D eigenvalue weighted by atomic mass is 10.1. The van der Waals surface area contributed by atoms with Gasteiger partial charge in [-0.15, -0.1) is 12.4 Å². The zero-order chi connectivity index (χ0) is 16.1. The van der Waals surface area contributed by atoms with Gasteiger partial charge in [-0.2, -0.15) is 5.10 Å². The minimum atomic E-state index is -0.121. The lowest BCUT2D eigenvalue weighted by Gasteiger charge is -2.27. The van der Waals surface area contributed by atoms with Crippen molar-refractivity contribution in [2.24, 2.45) is 0 Å². The fraction of sp³-hybridized carbons (Fsp3) is 0.375. The second-order valence-corrected chi connectivity index (χ2v) is 5.95. The van der Waals surface area contributed by atoms with Crippen LogP contribution in [-0.4, -0.2) is 60.3 Å². The summed E-state index contributed by atoms with van der Waals surface area (Å²) in [5.41, 5.74) is 2.07. The highest BCUT2D eigenvalue weighted by Crippen LogP contribution is 2.23. The molecule has 0 radical (unpaired) electrons. The van der Waals surface area contributed by atoms with E-state index in [-0.39, 0.29) is 18.3 Å². The van der Waals surface area contributed by atoms with Gasteiger partial charge in [0.25, 0.3) is 5.91 Å². The molecule has 24 heavy (non-hydrogen) atoms. The van der Waals surface area contributed by atoms with Crippen LogP contribution in [-0.2, 0) is 0 Å². The summed E-state index contributed by atoms with van der Waals surface area (Å²) >= 11 is 6.02. The van der Waals surface area contributed by atoms with Crippen molar-refractivity contribution in [2.45, 2.75) is 0 Å². The molecule has 130 valence electrons. The summed E-state index contributed by atoms with van der Waals surface area (Å²) in [5, 5.41) is 13.8. The van der Waals surface area contributed by atoms with E-state index in [4.69, 9.17) is 11.6 Å². The molecule has 3 rings (SSSR count). The number of aromatic nitrogens is 2. The number of rotatable bonds is 5. The smallest absolute Gasteiger partial charge is 0.255 e. The molecule has 0 saturated carbocycles. The van der Waals surface area contributed by atoms with E-state index in [9.17, 15) is 4.79 Å². The number of piperazine rings is 1. The second-order valence-electron chi connectivity index (χ2n) is 5.52. The summed E-state index contributed by atoms with van der Waals surface area (Å²) < 4.78 is 0. The third-order valence-corrected chi connectivity index (χ3v) is 4.16. The van der Waals surface area contributed by atoms with E-state index in [0.29, 0.717) is 22.8 Å². The minimum absolute atomic E-state index is 0. The molecule has 3 N–H and O–H groups in total. The van der Waals surface area contributed by atoms with Gasteiger partial charge in [0.05, 0.1) is 17.5 Å². The van der Waals surface area contributed by atoms with E-state index in [1.165, 1.54) is 0 Å². The number of benzene rings is 1. The third kappa shape index (κ3) is 4.70. The lowest BCUT2D eigenvalue weighted by molar-refractivity contribution is 0.0948. The Hall–Kier alpha value is -1.60. The van der Waals surface area contributed by atoms with Crippen molar-refractivity contribution < 1.29 is 4.79 Å². The molecule has 1 fully saturated rings. The highest BCUT2D eigenvalue weighted by molar-refractivity contribution is 6.30. The van der Waals surface area contributed by atoms with Crippen LogP contribution >= 0.6 is 24.0 Å². The van der Waals surface area contributed by atoms with E-state index in [1.54, 1.807) is 12.3 Å². The van der Waals surface area contributed by atoms with Crippen molar-refractivity contribution in [1.29, 1.82) is 0 Å². The Morgan fingerprint density at radius 3 is 2.88 bits per heavy atom. The molecule has 1 aromatic carbocycles. The average Bonchev–Trinajstić information content (AvgIpc) is 3.05. The summed E-state index contributed by atoms with van der Waals surface area (Å²) in [6, 6.07) is 7.36. The van der Waals surface area contributed by atoms with Gasteiger partial charge in [-0.25, -0.2) is 0 Å². The Bertz CT molecular complexity index is 670. The molecule has 1 amide bonds. The molecular weight excluding hydrogens is 349 g/mol. The van der Waals surface area contributed by atoms with E-state index >= 15 is 0 Å². The van der Waals surface area contributed by atoms with Crippen molar-refractivity contribution in [3.63, 3.8) is 0 Å². The monoisotopic (exact) mass is 369 g/mol. The molecule has 2 aromatic rings. The SMILES string of the molecule is Cl.O=C(NCCN1CCNCC1)c1cn[nH]c1-c1cccc(Cl)c1. The molecule has 6 nitrogen and oxygen atoms in total. The zero-order valence-corrected chi connectivity index (χ0v) is 14.8. The third-order valence-electron chi connectivity index (χ3n) is 3.92. The molecule has 2 heterocycles. The topological polar surface area (TPSA) is 73.1 Å². The number of aromatic amines is 1. The quantitative estimate of drug-likeness (QED) is 0.750. The highest BCUT2D eigenvalue weighted by atomic mass is 35.5. The maximum atomic E-state index is 12.4. The summed E-state index contributed by atoms with van der Waals surface area (Å²) in [7, 11) is 0. The molecule has 1 saturated heterocycles. The predicted octanol–water partition coefficient (Wildman–Crippen LogP) is 1.79. The molecule has 0 unspecified atom stereocenters. The van der Waals surface area contributed by atoms with Gasteiger partial charge in [-0.05, 0) is 12.1 Å². The van der Waals surface area contributed by atoms with Crippen LogP contribution in [0.3, 0.4) is 0 Å². The number of carbonyl (C=O) groups excluding carboxylic acids is 1. The second kappa shape index (κ2) is 9.03. The fourth-order valence-corrected chi connectivity index (χ4v) is 2.87. The number of hydrogen-bond donors (Lipinski definition) is 3. The van der Waals surface area contributed by atoms with E-state index in [1.807, 2.05) is 18.2 Å². The summed E-state index contributed by atoms with van der Waals surface area (Å²) in [6.07, 6.45) is 1.55. The van der Waals surface area contributed by atoms with Crippen molar-refractivity contribution in [3.8, 4) is 11.3 Å². The number of nitrogens with one attached hydrogen (secondary N) is 3. The van der Waals surface area contributed by atoms with Gasteiger partial charge in [-0.1, -0.05) is 23.7 Å². The molecule has 1 aliphatic heterocycles. The van der Waals surface area contributed by atoms with E-state index < -0.39 is 0 Å². The largest absolute Gasteiger partial charge is 0.351 e. The zero-order valence-electron chi connectivity index (χ0n) is 13.2. The molecule has 0 bridgehead atoms. The predicted molar refractivity (Wildman–Crippen MR) is 97.9 cm³/mol. The number of hydrogen-bond acceptors (Lipinski definition) is 4. The van der Waals surface area contributed by atoms with Crippen LogP contribution < -0.4 is 10.6 Å². The molecule has 1 aliphatic rings. The van der Waals surface area contributed by atoms with Gasteiger partial charge >= 0.3 is 0 Å². The number of carbonyl (C=O) groups is 1. The standard InChI is InChI=1S/C16H20ClN5O.ClH/c17-13-3-1-2-12(10-13)15-14(11-20-21-15)16(23)19-6-9-22-7-4-18-5-8-22;/h1-3,10-11,18H,4-9H2,(H,19,23)(H,20,21);1H. The van der Waals surface area contributed by atoms with Crippen molar-refractivity contribution in [2.75, 3.05) is 39.3 Å². The summed E-state index contributed by atoms with van der Waals surface area (Å²) in [4.78, 5) is 14.7. The summed E-state index contributed by atoms with van der Waals surface area (Å²) in [6.45, 7) is 5.55. The Balaban J connectivity index is 0.00000208. The maximum absolute atomic E-state index is 12.4. The lowest BCUT2D eigenvalue weighted by Crippen LogP contribution is -2.46. The molecule has 8 heteroatoms. The van der Waals surface area contributed by atoms with Crippen molar-refractivity contribution >= 4 is 29.9 Å². The van der Waals surface area contributed by atoms with E-state index in [2.05, 4.69) is 25.7 Å². The first-order valence-electron chi connectivity index (χ1n) is 7.74. The van der Waals surface area contributed by atoms with Crippen molar-refractivity contribution in [1.82, 2.24) is 25.7 Å². The van der Waals surface area contributed by atoms with Gasteiger partial charge in [0.15, 0.2) is 0 Å². The molecule has 1 aromatic heterocycles. The van der Waals surface area contributed by atoms with Gasteiger partial charge in [0.2, 0.25) is 0 Å². The highest BCUT2D eigenvalue weighted by Gasteiger charge is 2.16. The first-order valence-corrected chi connectivity index (χ1v) is 8.12.